The first kappa shape index (κ1) is 22.1. The lowest BCUT2D eigenvalue weighted by Gasteiger charge is -2.32. The summed E-state index contributed by atoms with van der Waals surface area (Å²) < 4.78 is 0. The van der Waals surface area contributed by atoms with Gasteiger partial charge in [-0.05, 0) is 43.4 Å². The van der Waals surface area contributed by atoms with E-state index in [1.165, 1.54) is 4.80 Å². The van der Waals surface area contributed by atoms with Crippen LogP contribution in [0.5, 0.6) is 0 Å². The predicted octanol–water partition coefficient (Wildman–Crippen LogP) is 2.80. The third kappa shape index (κ3) is 4.55. The minimum atomic E-state index is -0.760. The van der Waals surface area contributed by atoms with Crippen molar-refractivity contribution in [2.45, 2.75) is 0 Å². The highest BCUT2D eigenvalue weighted by atomic mass is 35.5. The van der Waals surface area contributed by atoms with Gasteiger partial charge in [0.2, 0.25) is 0 Å². The van der Waals surface area contributed by atoms with Crippen LogP contribution >= 0.6 is 23.2 Å². The molecule has 0 radical (unpaired) electrons. The molecule has 2 aromatic carbocycles. The minimum Gasteiger partial charge on any atom is -0.364 e. The van der Waals surface area contributed by atoms with Crippen LogP contribution in [-0.2, 0) is 0 Å². The summed E-state index contributed by atoms with van der Waals surface area (Å²) in [4.78, 5) is 29.8. The van der Waals surface area contributed by atoms with Gasteiger partial charge in [0.05, 0.1) is 10.0 Å². The van der Waals surface area contributed by atoms with Crippen LogP contribution in [0.15, 0.2) is 42.5 Å². The molecule has 2 amide bonds. The van der Waals surface area contributed by atoms with E-state index in [1.54, 1.807) is 42.5 Å². The Kier molecular flexibility index (Phi) is 6.31. The smallest absolute Gasteiger partial charge is 0.273 e. The third-order valence-corrected chi connectivity index (χ3v) is 5.78. The standard InChI is InChI=1S/C21H21Cl2N7O2/c1-28-9-11-29(12-10-28)21(32)13-5-7-14(8-6-13)25-20-17(19(24)31)26-30(27-20)18-15(22)3-2-4-16(18)23/h2-8H,9-12H2,1H3,(H2,24,31)(H,25,27). The zero-order valence-corrected chi connectivity index (χ0v) is 18.8. The van der Waals surface area contributed by atoms with Crippen LogP contribution in [0.1, 0.15) is 20.8 Å². The fourth-order valence-corrected chi connectivity index (χ4v) is 3.91. The van der Waals surface area contributed by atoms with Gasteiger partial charge in [0.25, 0.3) is 11.8 Å². The molecule has 1 aliphatic rings. The second kappa shape index (κ2) is 9.15. The van der Waals surface area contributed by atoms with Crippen molar-refractivity contribution in [3.05, 3.63) is 63.8 Å². The molecule has 32 heavy (non-hydrogen) atoms. The number of likely N-dealkylation sites (N-methyl/N-ethyl adjacent to an activating group) is 1. The number of primary amides is 1. The lowest BCUT2D eigenvalue weighted by atomic mass is 10.1. The van der Waals surface area contributed by atoms with Crippen LogP contribution in [0.2, 0.25) is 10.0 Å². The zero-order chi connectivity index (χ0) is 22.8. The van der Waals surface area contributed by atoms with Crippen LogP contribution in [0.4, 0.5) is 11.5 Å². The van der Waals surface area contributed by atoms with Crippen LogP contribution in [0.25, 0.3) is 5.69 Å². The molecule has 3 N–H and O–H groups in total. The molecule has 1 aromatic heterocycles. The number of nitrogens with two attached hydrogens (primary N) is 1. The summed E-state index contributed by atoms with van der Waals surface area (Å²) in [5.74, 6) is -0.628. The number of halogens is 2. The molecule has 0 saturated carbocycles. The summed E-state index contributed by atoms with van der Waals surface area (Å²) in [7, 11) is 2.04. The predicted molar refractivity (Wildman–Crippen MR) is 123 cm³/mol. The molecule has 0 unspecified atom stereocenters. The van der Waals surface area contributed by atoms with E-state index >= 15 is 0 Å². The molecule has 0 aliphatic carbocycles. The van der Waals surface area contributed by atoms with E-state index in [0.29, 0.717) is 40.1 Å². The maximum Gasteiger partial charge on any atom is 0.273 e. The van der Waals surface area contributed by atoms with Crippen molar-refractivity contribution < 1.29 is 9.59 Å². The first-order chi connectivity index (χ1) is 15.3. The number of nitrogens with zero attached hydrogens (tertiary/aromatic N) is 5. The molecule has 2 heterocycles. The Morgan fingerprint density at radius 1 is 0.969 bits per heavy atom. The van der Waals surface area contributed by atoms with Gasteiger partial charge < -0.3 is 20.9 Å². The molecule has 1 fully saturated rings. The van der Waals surface area contributed by atoms with E-state index in [0.717, 1.165) is 13.1 Å². The highest BCUT2D eigenvalue weighted by Gasteiger charge is 2.22. The Morgan fingerprint density at radius 2 is 1.59 bits per heavy atom. The Morgan fingerprint density at radius 3 is 2.19 bits per heavy atom. The highest BCUT2D eigenvalue weighted by Crippen LogP contribution is 2.29. The summed E-state index contributed by atoms with van der Waals surface area (Å²) in [5.41, 5.74) is 6.94. The molecule has 1 saturated heterocycles. The first-order valence-corrected chi connectivity index (χ1v) is 10.7. The molecule has 1 aliphatic heterocycles. The molecule has 0 spiro atoms. The van der Waals surface area contributed by atoms with Gasteiger partial charge in [0.15, 0.2) is 11.5 Å². The number of carbonyl (C=O) groups excluding carboxylic acids is 2. The zero-order valence-electron chi connectivity index (χ0n) is 17.3. The van der Waals surface area contributed by atoms with Gasteiger partial charge in [0, 0.05) is 37.4 Å². The Balaban J connectivity index is 1.56. The normalized spacial score (nSPS) is 14.4. The van der Waals surface area contributed by atoms with E-state index < -0.39 is 5.91 Å². The molecular weight excluding hydrogens is 453 g/mol. The lowest BCUT2D eigenvalue weighted by Crippen LogP contribution is -2.47. The average molecular weight is 474 g/mol. The quantitative estimate of drug-likeness (QED) is 0.589. The van der Waals surface area contributed by atoms with Gasteiger partial charge in [-0.1, -0.05) is 29.3 Å². The summed E-state index contributed by atoms with van der Waals surface area (Å²) in [5, 5.41) is 12.1. The van der Waals surface area contributed by atoms with E-state index in [2.05, 4.69) is 20.4 Å². The Bertz CT molecular complexity index is 1140. The van der Waals surface area contributed by atoms with Gasteiger partial charge in [-0.3, -0.25) is 9.59 Å². The second-order valence-corrected chi connectivity index (χ2v) is 8.23. The Hall–Kier alpha value is -3.14. The Labute approximate surface area is 194 Å². The van der Waals surface area contributed by atoms with E-state index in [9.17, 15) is 9.59 Å². The monoisotopic (exact) mass is 473 g/mol. The van der Waals surface area contributed by atoms with E-state index in [4.69, 9.17) is 28.9 Å². The third-order valence-electron chi connectivity index (χ3n) is 5.17. The number of hydrogen-bond donors (Lipinski definition) is 2. The van der Waals surface area contributed by atoms with E-state index in [-0.39, 0.29) is 17.4 Å². The molecule has 0 bridgehead atoms. The summed E-state index contributed by atoms with van der Waals surface area (Å²) >= 11 is 12.4. The molecule has 166 valence electrons. The maximum atomic E-state index is 12.7. The largest absolute Gasteiger partial charge is 0.364 e. The van der Waals surface area contributed by atoms with Crippen LogP contribution in [-0.4, -0.2) is 69.8 Å². The molecule has 9 nitrogen and oxygen atoms in total. The van der Waals surface area contributed by atoms with Crippen molar-refractivity contribution in [1.82, 2.24) is 24.8 Å². The van der Waals surface area contributed by atoms with Gasteiger partial charge in [0.1, 0.15) is 5.69 Å². The SMILES string of the molecule is CN1CCN(C(=O)c2ccc(Nc3nn(-c4c(Cl)cccc4Cl)nc3C(N)=O)cc2)CC1. The minimum absolute atomic E-state index is 0.0122. The highest BCUT2D eigenvalue weighted by molar-refractivity contribution is 6.37. The molecule has 4 rings (SSSR count). The van der Waals surface area contributed by atoms with Crippen molar-refractivity contribution in [3.63, 3.8) is 0 Å². The topological polar surface area (TPSA) is 109 Å². The summed E-state index contributed by atoms with van der Waals surface area (Å²) in [6, 6.07) is 11.9. The number of nitrogens with one attached hydrogen (secondary N) is 1. The average Bonchev–Trinajstić information content (AvgIpc) is 3.18. The first-order valence-electron chi connectivity index (χ1n) is 9.90. The van der Waals surface area contributed by atoms with Crippen molar-refractivity contribution in [3.8, 4) is 5.69 Å². The fraction of sp³-hybridized carbons (Fsp3) is 0.238. The number of piperazine rings is 1. The number of anilines is 2. The lowest BCUT2D eigenvalue weighted by molar-refractivity contribution is 0.0664. The van der Waals surface area contributed by atoms with Gasteiger partial charge in [-0.25, -0.2) is 0 Å². The van der Waals surface area contributed by atoms with Crippen molar-refractivity contribution >= 4 is 46.5 Å². The summed E-state index contributed by atoms with van der Waals surface area (Å²) in [6.45, 7) is 3.11. The second-order valence-electron chi connectivity index (χ2n) is 7.42. The maximum absolute atomic E-state index is 12.7. The number of amides is 2. The van der Waals surface area contributed by atoms with Crippen molar-refractivity contribution in [2.24, 2.45) is 5.73 Å². The number of aromatic nitrogens is 3. The molecular formula is C21H21Cl2N7O2. The number of benzene rings is 2. The van der Waals surface area contributed by atoms with E-state index in [1.807, 2.05) is 11.9 Å². The van der Waals surface area contributed by atoms with Crippen molar-refractivity contribution in [2.75, 3.05) is 38.5 Å². The number of rotatable bonds is 5. The van der Waals surface area contributed by atoms with Crippen LogP contribution < -0.4 is 11.1 Å². The number of hydrogen-bond acceptors (Lipinski definition) is 6. The fourth-order valence-electron chi connectivity index (χ4n) is 3.36. The van der Waals surface area contributed by atoms with Gasteiger partial charge in [-0.2, -0.15) is 0 Å². The van der Waals surface area contributed by atoms with Crippen molar-refractivity contribution in [1.29, 1.82) is 0 Å². The van der Waals surface area contributed by atoms with Crippen LogP contribution in [0.3, 0.4) is 0 Å². The van der Waals surface area contributed by atoms with Crippen LogP contribution in [0, 0.1) is 0 Å². The van der Waals surface area contributed by atoms with Gasteiger partial charge in [-0.15, -0.1) is 15.0 Å². The number of carbonyl (C=O) groups is 2. The summed E-state index contributed by atoms with van der Waals surface area (Å²) in [6.07, 6.45) is 0. The molecule has 11 heteroatoms. The molecule has 0 atom stereocenters. The number of para-hydroxylation sites is 1. The molecule has 3 aromatic rings. The van der Waals surface area contributed by atoms with Gasteiger partial charge >= 0.3 is 0 Å².